The van der Waals surface area contributed by atoms with Gasteiger partial charge in [-0.25, -0.2) is 14.7 Å². The van der Waals surface area contributed by atoms with Gasteiger partial charge in [-0.3, -0.25) is 9.59 Å². The molecule has 4 amide bonds. The Kier molecular flexibility index (Phi) is 10.8. The van der Waals surface area contributed by atoms with Crippen molar-refractivity contribution in [1.82, 2.24) is 24.0 Å². The zero-order valence-electron chi connectivity index (χ0n) is 30.2. The number of H-pyrrole nitrogens is 1. The van der Waals surface area contributed by atoms with Crippen molar-refractivity contribution in [3.8, 4) is 0 Å². The topological polar surface area (TPSA) is 178 Å². The van der Waals surface area contributed by atoms with Gasteiger partial charge in [-0.05, 0) is 104 Å². The molecule has 5 heterocycles. The van der Waals surface area contributed by atoms with Crippen LogP contribution in [-0.4, -0.2) is 108 Å². The second-order valence-corrected chi connectivity index (χ2v) is 16.5. The van der Waals surface area contributed by atoms with Gasteiger partial charge in [0.15, 0.2) is 6.10 Å². The van der Waals surface area contributed by atoms with Crippen LogP contribution in [0.5, 0.6) is 0 Å². The van der Waals surface area contributed by atoms with E-state index in [1.54, 1.807) is 15.9 Å². The molecule has 0 saturated carbocycles. The fraction of sp³-hybridized carbons (Fsp3) is 0.526. The Morgan fingerprint density at radius 2 is 1.53 bits per heavy atom. The summed E-state index contributed by atoms with van der Waals surface area (Å²) >= 11 is 0. The first-order valence-electron chi connectivity index (χ1n) is 18.7. The highest BCUT2D eigenvalue weighted by Gasteiger charge is 2.37. The number of anilines is 1. The molecule has 3 saturated heterocycles. The summed E-state index contributed by atoms with van der Waals surface area (Å²) in [7, 11) is -3.69. The number of para-hydroxylation sites is 1. The van der Waals surface area contributed by atoms with Crippen LogP contribution in [0, 0.1) is 18.8 Å². The number of urea groups is 1. The first kappa shape index (κ1) is 36.9. The van der Waals surface area contributed by atoms with Crippen LogP contribution in [0.2, 0.25) is 0 Å². The fourth-order valence-electron chi connectivity index (χ4n) is 8.73. The molecule has 4 aliphatic heterocycles. The molecule has 0 bridgehead atoms. The second-order valence-electron chi connectivity index (χ2n) is 15.0. The van der Waals surface area contributed by atoms with Crippen molar-refractivity contribution >= 4 is 44.8 Å². The van der Waals surface area contributed by atoms with E-state index in [4.69, 9.17) is 9.88 Å². The van der Waals surface area contributed by atoms with E-state index in [2.05, 4.69) is 10.3 Å². The Labute approximate surface area is 309 Å². The monoisotopic (exact) mass is 747 g/mol. The predicted molar refractivity (Wildman–Crippen MR) is 200 cm³/mol. The highest BCUT2D eigenvalue weighted by Crippen LogP contribution is 2.34. The Bertz CT molecular complexity index is 2010. The third-order valence-electron chi connectivity index (χ3n) is 11.7. The lowest BCUT2D eigenvalue weighted by Gasteiger charge is -2.40. The number of pyridine rings is 1. The molecule has 2 aromatic carbocycles. The molecule has 15 heteroatoms. The first-order valence-corrected chi connectivity index (χ1v) is 20.2. The van der Waals surface area contributed by atoms with Gasteiger partial charge in [0, 0.05) is 70.0 Å². The number of rotatable bonds is 7. The van der Waals surface area contributed by atoms with E-state index in [9.17, 15) is 27.6 Å². The minimum atomic E-state index is -3.69. The predicted octanol–water partition coefficient (Wildman–Crippen LogP) is 3.59. The number of piperidine rings is 3. The number of benzene rings is 2. The van der Waals surface area contributed by atoms with Crippen LogP contribution in [0.4, 0.5) is 15.3 Å². The highest BCUT2D eigenvalue weighted by atomic mass is 32.2. The summed E-state index contributed by atoms with van der Waals surface area (Å²) in [6, 6.07) is 14.7. The molecule has 0 spiro atoms. The number of nitrogens with zero attached hydrogens (tertiary/aromatic N) is 4. The zero-order valence-corrected chi connectivity index (χ0v) is 31.0. The minimum absolute atomic E-state index is 0.0222. The SMILES string of the molecule is Cc1cc(C[C@@H](OC(=O)N2CCC(N3CCc4ccccc4NC3=O)CC2)C(=O)N2CCC(C3CCN(S(N)(=O)=O)CC3)CC2)cc2ccc(=O)[nH]c12. The Morgan fingerprint density at radius 1 is 0.868 bits per heavy atom. The van der Waals surface area contributed by atoms with Crippen molar-refractivity contribution in [2.24, 2.45) is 17.0 Å². The van der Waals surface area contributed by atoms with E-state index < -0.39 is 22.4 Å². The van der Waals surface area contributed by atoms with Crippen molar-refractivity contribution in [1.29, 1.82) is 0 Å². The average Bonchev–Trinajstić information content (AvgIpc) is 3.32. The van der Waals surface area contributed by atoms with Crippen LogP contribution in [0.25, 0.3) is 10.9 Å². The van der Waals surface area contributed by atoms with Gasteiger partial charge in [-0.1, -0.05) is 24.3 Å². The molecule has 7 rings (SSSR count). The number of fused-ring (bicyclic) bond motifs is 2. The van der Waals surface area contributed by atoms with E-state index >= 15 is 0 Å². The summed E-state index contributed by atoms with van der Waals surface area (Å²) in [4.78, 5) is 61.3. The summed E-state index contributed by atoms with van der Waals surface area (Å²) in [5.74, 6) is 0.495. The Balaban J connectivity index is 1.01. The number of carbonyl (C=O) groups excluding carboxylic acids is 3. The molecule has 1 atom stereocenters. The molecule has 14 nitrogen and oxygen atoms in total. The number of likely N-dealkylation sites (tertiary alicyclic amines) is 2. The van der Waals surface area contributed by atoms with Gasteiger partial charge >= 0.3 is 12.1 Å². The normalized spacial score (nSPS) is 20.5. The quantitative estimate of drug-likeness (QED) is 0.331. The molecule has 53 heavy (non-hydrogen) atoms. The van der Waals surface area contributed by atoms with E-state index in [1.807, 2.05) is 48.2 Å². The third-order valence-corrected chi connectivity index (χ3v) is 12.8. The second kappa shape index (κ2) is 15.5. The zero-order chi connectivity index (χ0) is 37.3. The molecule has 3 aromatic rings. The minimum Gasteiger partial charge on any atom is -0.436 e. The summed E-state index contributed by atoms with van der Waals surface area (Å²) < 4.78 is 31.0. The number of ether oxygens (including phenoxy) is 1. The van der Waals surface area contributed by atoms with E-state index in [0.717, 1.165) is 65.4 Å². The van der Waals surface area contributed by atoms with Gasteiger partial charge in [0.25, 0.3) is 16.1 Å². The highest BCUT2D eigenvalue weighted by molar-refractivity contribution is 7.86. The van der Waals surface area contributed by atoms with Crippen LogP contribution in [0.3, 0.4) is 0 Å². The number of aromatic amines is 1. The van der Waals surface area contributed by atoms with E-state index in [0.29, 0.717) is 70.5 Å². The first-order chi connectivity index (χ1) is 25.4. The Hall–Kier alpha value is -4.47. The number of carbonyl (C=O) groups is 3. The lowest BCUT2D eigenvalue weighted by atomic mass is 9.79. The van der Waals surface area contributed by atoms with Crippen molar-refractivity contribution in [3.63, 3.8) is 0 Å². The maximum atomic E-state index is 14.2. The number of aromatic nitrogens is 1. The summed E-state index contributed by atoms with van der Waals surface area (Å²) in [6.07, 6.45) is 3.60. The molecule has 0 aliphatic carbocycles. The van der Waals surface area contributed by atoms with Crippen molar-refractivity contribution in [3.05, 3.63) is 75.6 Å². The number of amides is 4. The standard InChI is InChI=1S/C38H49N7O7S/c1-25-22-26(23-30-6-7-34(46)41-35(25)30)24-33(36(47)42-15-8-27(9-16-42)28-10-19-44(20-11-28)53(39,50)51)52-38(49)43-17-13-31(14-18-43)45-21-12-29-4-2-3-5-32(29)40-37(45)48/h2-7,22-23,27-28,31,33H,8-21,24H2,1H3,(H,40,48)(H,41,46)(H2,39,50,51)/t33-/m1/s1. The van der Waals surface area contributed by atoms with Crippen LogP contribution in [0.15, 0.2) is 53.3 Å². The van der Waals surface area contributed by atoms with Crippen molar-refractivity contribution < 1.29 is 27.5 Å². The lowest BCUT2D eigenvalue weighted by Crippen LogP contribution is -2.52. The maximum Gasteiger partial charge on any atom is 0.410 e. The number of nitrogens with two attached hydrogens (primary N) is 1. The van der Waals surface area contributed by atoms with Gasteiger partial charge < -0.3 is 29.7 Å². The Morgan fingerprint density at radius 3 is 2.23 bits per heavy atom. The molecule has 4 aliphatic rings. The molecular weight excluding hydrogens is 699 g/mol. The van der Waals surface area contributed by atoms with E-state index in [1.165, 1.54) is 10.4 Å². The van der Waals surface area contributed by atoms with Gasteiger partial charge in [0.2, 0.25) is 5.56 Å². The summed E-state index contributed by atoms with van der Waals surface area (Å²) in [5, 5.41) is 9.20. The smallest absolute Gasteiger partial charge is 0.410 e. The van der Waals surface area contributed by atoms with Gasteiger partial charge in [-0.2, -0.15) is 12.7 Å². The largest absolute Gasteiger partial charge is 0.436 e. The third kappa shape index (κ3) is 8.36. The van der Waals surface area contributed by atoms with Crippen molar-refractivity contribution in [2.45, 2.75) is 70.4 Å². The maximum absolute atomic E-state index is 14.2. The van der Waals surface area contributed by atoms with Gasteiger partial charge in [-0.15, -0.1) is 0 Å². The molecule has 4 N–H and O–H groups in total. The van der Waals surface area contributed by atoms with Crippen LogP contribution in [-0.2, 0) is 32.6 Å². The fourth-order valence-corrected chi connectivity index (χ4v) is 9.45. The van der Waals surface area contributed by atoms with Gasteiger partial charge in [0.1, 0.15) is 0 Å². The molecule has 0 unspecified atom stereocenters. The molecule has 1 aromatic heterocycles. The summed E-state index contributed by atoms with van der Waals surface area (Å²) in [6.45, 7) is 5.18. The van der Waals surface area contributed by atoms with Crippen LogP contribution < -0.4 is 16.0 Å². The van der Waals surface area contributed by atoms with Gasteiger partial charge in [0.05, 0.1) is 5.52 Å². The number of aryl methyl sites for hydroxylation is 1. The number of hydrogen-bond acceptors (Lipinski definition) is 7. The molecule has 0 radical (unpaired) electrons. The van der Waals surface area contributed by atoms with Crippen molar-refractivity contribution in [2.75, 3.05) is 51.1 Å². The number of nitrogens with one attached hydrogen (secondary N) is 2. The van der Waals surface area contributed by atoms with E-state index in [-0.39, 0.29) is 30.0 Å². The molecule has 284 valence electrons. The number of hydrogen-bond donors (Lipinski definition) is 3. The average molecular weight is 748 g/mol. The molecular formula is C38H49N7O7S. The summed E-state index contributed by atoms with van der Waals surface area (Å²) in [5.41, 5.74) is 4.13. The van der Waals surface area contributed by atoms with Crippen LogP contribution >= 0.6 is 0 Å². The van der Waals surface area contributed by atoms with Crippen LogP contribution in [0.1, 0.15) is 55.2 Å². The lowest BCUT2D eigenvalue weighted by molar-refractivity contribution is -0.142. The molecule has 3 fully saturated rings.